The summed E-state index contributed by atoms with van der Waals surface area (Å²) in [7, 11) is 3.60. The number of anilines is 1. The number of hydrogen-bond acceptors (Lipinski definition) is 6. The number of rotatable bonds is 5. The average Bonchev–Trinajstić information content (AvgIpc) is 3.09. The Kier molecular flexibility index (Phi) is 6.93. The highest BCUT2D eigenvalue weighted by Crippen LogP contribution is 2.48. The van der Waals surface area contributed by atoms with Crippen molar-refractivity contribution < 1.29 is 9.90 Å². The van der Waals surface area contributed by atoms with Crippen molar-refractivity contribution in [3.63, 3.8) is 0 Å². The summed E-state index contributed by atoms with van der Waals surface area (Å²) in [4.78, 5) is 37.9. The average molecular weight is 562 g/mol. The second-order valence-electron chi connectivity index (χ2n) is 14.4. The Morgan fingerprint density at radius 1 is 0.927 bits per heavy atom. The largest absolute Gasteiger partial charge is 0.480 e. The van der Waals surface area contributed by atoms with Crippen LogP contribution in [0.1, 0.15) is 83.6 Å². The predicted octanol–water partition coefficient (Wildman–Crippen LogP) is 4.76. The molecule has 5 fully saturated rings. The minimum atomic E-state index is -0.987. The van der Waals surface area contributed by atoms with Gasteiger partial charge in [0.2, 0.25) is 0 Å². The van der Waals surface area contributed by atoms with Crippen molar-refractivity contribution in [1.29, 1.82) is 0 Å². The lowest BCUT2D eigenvalue weighted by Gasteiger charge is -2.56. The van der Waals surface area contributed by atoms with Crippen molar-refractivity contribution in [3.8, 4) is 0 Å². The van der Waals surface area contributed by atoms with E-state index in [1.807, 2.05) is 29.2 Å². The second kappa shape index (κ2) is 10.4. The minimum Gasteiger partial charge on any atom is -0.480 e. The van der Waals surface area contributed by atoms with Crippen LogP contribution < -0.4 is 10.5 Å². The molecule has 1 N–H and O–H groups in total. The molecule has 2 saturated carbocycles. The number of piperidine rings is 2. The molecule has 41 heavy (non-hydrogen) atoms. The maximum Gasteiger partial charge on any atom is 0.327 e. The first-order chi connectivity index (χ1) is 19.7. The molecule has 2 aromatic rings. The van der Waals surface area contributed by atoms with E-state index in [1.54, 1.807) is 19.0 Å². The fraction of sp³-hybridized carbons (Fsp3) is 0.727. The van der Waals surface area contributed by atoms with Crippen LogP contribution in [0, 0.1) is 17.8 Å². The van der Waals surface area contributed by atoms with Crippen LogP contribution in [0.25, 0.3) is 11.0 Å². The lowest BCUT2D eigenvalue weighted by molar-refractivity contribution is -0.151. The van der Waals surface area contributed by atoms with Gasteiger partial charge in [-0.2, -0.15) is 0 Å². The number of benzene rings is 1. The number of fused-ring (bicyclic) bond motifs is 5. The number of aromatic nitrogens is 2. The van der Waals surface area contributed by atoms with Crippen LogP contribution in [0.15, 0.2) is 29.1 Å². The Hall–Kier alpha value is -2.45. The summed E-state index contributed by atoms with van der Waals surface area (Å²) in [5.41, 5.74) is 0.678. The van der Waals surface area contributed by atoms with Gasteiger partial charge in [0.15, 0.2) is 11.4 Å². The number of carboxylic acid groups (broad SMARTS) is 1. The standard InChI is InChI=1S/C33H47N5O3/c1-21-12-13-24-17-26(18-29(21)37(24)25-15-22-8-4-5-9-23(14-22)16-25)38-28-11-7-6-10-27(28)34-30(31(38)39)36-19-33(20-36,32(40)41)35(2)3/h6-7,10-11,21-26,29H,4-5,8-9,12-20H2,1-3H3,(H,40,41). The van der Waals surface area contributed by atoms with Gasteiger partial charge in [0.25, 0.3) is 5.56 Å². The molecular weight excluding hydrogens is 514 g/mol. The SMILES string of the molecule is CC1CCC2CC(n3c(=O)c(N4CC(C(=O)O)(N(C)C)C4)nc4ccccc43)CC1N2C1CC2CCCCC(C2)C1. The predicted molar refractivity (Wildman–Crippen MR) is 161 cm³/mol. The van der Waals surface area contributed by atoms with E-state index in [0.29, 0.717) is 29.9 Å². The normalized spacial score (nSPS) is 35.2. The lowest BCUT2D eigenvalue weighted by atomic mass is 9.71. The Morgan fingerprint density at radius 2 is 1.63 bits per heavy atom. The van der Waals surface area contributed by atoms with Crippen molar-refractivity contribution in [3.05, 3.63) is 34.6 Å². The van der Waals surface area contributed by atoms with E-state index >= 15 is 0 Å². The van der Waals surface area contributed by atoms with Crippen molar-refractivity contribution in [2.75, 3.05) is 32.1 Å². The quantitative estimate of drug-likeness (QED) is 0.564. The molecular formula is C33H47N5O3. The van der Waals surface area contributed by atoms with E-state index in [1.165, 1.54) is 57.8 Å². The number of carboxylic acids is 1. The monoisotopic (exact) mass is 561 g/mol. The molecule has 222 valence electrons. The smallest absolute Gasteiger partial charge is 0.327 e. The molecule has 2 aliphatic carbocycles. The van der Waals surface area contributed by atoms with E-state index in [9.17, 15) is 14.7 Å². The van der Waals surface area contributed by atoms with Crippen LogP contribution in [0.5, 0.6) is 0 Å². The lowest BCUT2D eigenvalue weighted by Crippen LogP contribution is -2.73. The van der Waals surface area contributed by atoms with Crippen LogP contribution in [0.2, 0.25) is 0 Å². The first-order valence-electron chi connectivity index (χ1n) is 16.2. The molecule has 8 nitrogen and oxygen atoms in total. The highest BCUT2D eigenvalue weighted by molar-refractivity contribution is 5.84. The van der Waals surface area contributed by atoms with Crippen LogP contribution in [-0.4, -0.2) is 81.3 Å². The highest BCUT2D eigenvalue weighted by Gasteiger charge is 2.53. The highest BCUT2D eigenvalue weighted by atomic mass is 16.4. The van der Waals surface area contributed by atoms with Gasteiger partial charge < -0.3 is 14.6 Å². The van der Waals surface area contributed by atoms with E-state index in [-0.39, 0.29) is 24.7 Å². The molecule has 0 radical (unpaired) electrons. The summed E-state index contributed by atoms with van der Waals surface area (Å²) < 4.78 is 2.06. The first-order valence-corrected chi connectivity index (χ1v) is 16.2. The fourth-order valence-electron chi connectivity index (χ4n) is 9.59. The summed E-state index contributed by atoms with van der Waals surface area (Å²) in [6.07, 6.45) is 14.4. The third-order valence-corrected chi connectivity index (χ3v) is 11.8. The Labute approximate surface area is 243 Å². The Bertz CT molecular complexity index is 1350. The zero-order valence-corrected chi connectivity index (χ0v) is 25.0. The minimum absolute atomic E-state index is 0.0608. The molecule has 0 amide bonds. The van der Waals surface area contributed by atoms with Gasteiger partial charge in [0, 0.05) is 24.2 Å². The Balaban J connectivity index is 1.22. The molecule has 1 aromatic carbocycles. The third kappa shape index (κ3) is 4.51. The second-order valence-corrected chi connectivity index (χ2v) is 14.4. The van der Waals surface area contributed by atoms with E-state index in [0.717, 1.165) is 35.7 Å². The van der Waals surface area contributed by atoms with Crippen LogP contribution in [0.3, 0.4) is 0 Å². The van der Waals surface area contributed by atoms with E-state index in [2.05, 4.69) is 16.4 Å². The molecule has 3 saturated heterocycles. The number of nitrogens with zero attached hydrogens (tertiary/aromatic N) is 5. The Morgan fingerprint density at radius 3 is 2.32 bits per heavy atom. The van der Waals surface area contributed by atoms with Crippen LogP contribution >= 0.6 is 0 Å². The van der Waals surface area contributed by atoms with E-state index in [4.69, 9.17) is 4.98 Å². The number of hydrogen-bond donors (Lipinski definition) is 1. The van der Waals surface area contributed by atoms with Gasteiger partial charge in [0.05, 0.1) is 24.1 Å². The van der Waals surface area contributed by atoms with Gasteiger partial charge in [-0.25, -0.2) is 4.98 Å². The number of para-hydroxylation sites is 2. The summed E-state index contributed by atoms with van der Waals surface area (Å²) in [5.74, 6) is 1.99. The van der Waals surface area contributed by atoms with Gasteiger partial charge in [-0.3, -0.25) is 19.4 Å². The van der Waals surface area contributed by atoms with Gasteiger partial charge in [-0.1, -0.05) is 44.7 Å². The van der Waals surface area contributed by atoms with Gasteiger partial charge in [0.1, 0.15) is 0 Å². The van der Waals surface area contributed by atoms with Crippen molar-refractivity contribution in [2.24, 2.45) is 17.8 Å². The van der Waals surface area contributed by atoms with Crippen molar-refractivity contribution in [2.45, 2.75) is 107 Å². The van der Waals surface area contributed by atoms with Crippen molar-refractivity contribution >= 4 is 22.8 Å². The number of carbonyl (C=O) groups is 1. The maximum absolute atomic E-state index is 14.3. The maximum atomic E-state index is 14.3. The van der Waals surface area contributed by atoms with E-state index < -0.39 is 11.5 Å². The molecule has 4 bridgehead atoms. The molecule has 6 atom stereocenters. The summed E-state index contributed by atoms with van der Waals surface area (Å²) >= 11 is 0. The zero-order valence-electron chi connectivity index (χ0n) is 25.0. The molecule has 1 aromatic heterocycles. The first kappa shape index (κ1) is 27.4. The van der Waals surface area contributed by atoms with Crippen LogP contribution in [0.4, 0.5) is 5.82 Å². The molecule has 7 rings (SSSR count). The third-order valence-electron chi connectivity index (χ3n) is 11.8. The number of likely N-dealkylation sites (N-methyl/N-ethyl adjacent to an activating group) is 1. The zero-order chi connectivity index (χ0) is 28.5. The molecule has 6 unspecified atom stereocenters. The topological polar surface area (TPSA) is 81.9 Å². The summed E-state index contributed by atoms with van der Waals surface area (Å²) in [6.45, 7) is 2.97. The number of aliphatic carboxylic acids is 1. The molecule has 3 aliphatic heterocycles. The molecule has 4 heterocycles. The molecule has 8 heteroatoms. The van der Waals surface area contributed by atoms with Crippen LogP contribution in [-0.2, 0) is 4.79 Å². The summed E-state index contributed by atoms with van der Waals surface area (Å²) in [6, 6.07) is 9.90. The van der Waals surface area contributed by atoms with Gasteiger partial charge >= 0.3 is 5.97 Å². The van der Waals surface area contributed by atoms with Gasteiger partial charge in [-0.05, 0) is 88.9 Å². The fourth-order valence-corrected chi connectivity index (χ4v) is 9.59. The molecule has 0 spiro atoms. The van der Waals surface area contributed by atoms with Gasteiger partial charge in [-0.15, -0.1) is 0 Å². The molecule has 5 aliphatic rings. The van der Waals surface area contributed by atoms with Crippen molar-refractivity contribution in [1.82, 2.24) is 19.4 Å². The summed E-state index contributed by atoms with van der Waals surface area (Å²) in [5, 5.41) is 9.96.